The summed E-state index contributed by atoms with van der Waals surface area (Å²) >= 11 is 3.52. The van der Waals surface area contributed by atoms with E-state index in [1.54, 1.807) is 25.6 Å². The van der Waals surface area contributed by atoms with Crippen LogP contribution in [0.15, 0.2) is 0 Å². The number of carbonyl (C=O) groups is 4. The fraction of sp³-hybridized carbons (Fsp3) is 0.846. The van der Waals surface area contributed by atoms with Crippen molar-refractivity contribution in [3.05, 3.63) is 0 Å². The van der Waals surface area contributed by atoms with E-state index in [1.807, 2.05) is 53.3 Å². The summed E-state index contributed by atoms with van der Waals surface area (Å²) in [7, 11) is 0. The van der Waals surface area contributed by atoms with Gasteiger partial charge in [0.15, 0.2) is 0 Å². The normalized spacial score (nSPS) is 20.3. The van der Waals surface area contributed by atoms with Crippen molar-refractivity contribution in [2.45, 2.75) is 109 Å². The standard InChI is InChI=1S/C26H46N2O5S2/c1-17(2)21(31)11-26(7,8)33-16-25(5,6)24(32)28-20(13-30)15-35-23-10-9-22(23)34-14-19(12-29)27-18(3)4/h12-13,17-20,22-23,27H,9-11,14-16H2,1-8H3,(H,28,32). The van der Waals surface area contributed by atoms with E-state index < -0.39 is 17.1 Å². The Balaban J connectivity index is 2.49. The van der Waals surface area contributed by atoms with Gasteiger partial charge in [-0.15, -0.1) is 0 Å². The molecule has 0 aromatic rings. The van der Waals surface area contributed by atoms with Gasteiger partial charge in [-0.2, -0.15) is 23.5 Å². The Bertz CT molecular complexity index is 712. The van der Waals surface area contributed by atoms with Crippen LogP contribution in [0.3, 0.4) is 0 Å². The second-order valence-corrected chi connectivity index (χ2v) is 13.9. The van der Waals surface area contributed by atoms with Gasteiger partial charge in [0.2, 0.25) is 5.91 Å². The SMILES string of the molecule is CC(C)NC(C=O)CSC1CCC1SCC(C=O)NC(=O)C(C)(C)COC(C)(C)CC(=O)C(C)C. The van der Waals surface area contributed by atoms with Gasteiger partial charge in [-0.3, -0.25) is 9.59 Å². The molecule has 0 aliphatic heterocycles. The minimum absolute atomic E-state index is 0.0585. The molecule has 0 heterocycles. The van der Waals surface area contributed by atoms with E-state index in [9.17, 15) is 19.2 Å². The van der Waals surface area contributed by atoms with Gasteiger partial charge in [0.1, 0.15) is 18.4 Å². The summed E-state index contributed by atoms with van der Waals surface area (Å²) in [6, 6.07) is -0.456. The quantitative estimate of drug-likeness (QED) is 0.259. The maximum atomic E-state index is 12.9. The van der Waals surface area contributed by atoms with E-state index >= 15 is 0 Å². The molecule has 9 heteroatoms. The van der Waals surface area contributed by atoms with Gasteiger partial charge in [-0.25, -0.2) is 0 Å². The molecule has 2 N–H and O–H groups in total. The first-order valence-electron chi connectivity index (χ1n) is 12.6. The summed E-state index contributed by atoms with van der Waals surface area (Å²) in [4.78, 5) is 47.9. The van der Waals surface area contributed by atoms with Crippen LogP contribution in [0.2, 0.25) is 0 Å². The van der Waals surface area contributed by atoms with Crippen LogP contribution in [0.4, 0.5) is 0 Å². The van der Waals surface area contributed by atoms with Crippen molar-refractivity contribution in [2.75, 3.05) is 18.1 Å². The fourth-order valence-electron chi connectivity index (χ4n) is 3.42. The predicted molar refractivity (Wildman–Crippen MR) is 146 cm³/mol. The highest BCUT2D eigenvalue weighted by molar-refractivity contribution is 8.04. The summed E-state index contributed by atoms with van der Waals surface area (Å²) in [5, 5.41) is 7.00. The van der Waals surface area contributed by atoms with Gasteiger partial charge in [-0.05, 0) is 40.5 Å². The number of Topliss-reactive ketones (excluding diaryl/α,β-unsaturated/α-hetero) is 1. The van der Waals surface area contributed by atoms with Crippen molar-refractivity contribution >= 4 is 47.8 Å². The molecular formula is C26H46N2O5S2. The topological polar surface area (TPSA) is 102 Å². The zero-order valence-corrected chi connectivity index (χ0v) is 24.4. The summed E-state index contributed by atoms with van der Waals surface area (Å²) in [5.41, 5.74) is -1.50. The number of hydrogen-bond donors (Lipinski definition) is 2. The monoisotopic (exact) mass is 530 g/mol. The third kappa shape index (κ3) is 11.8. The largest absolute Gasteiger partial charge is 0.374 e. The minimum atomic E-state index is -0.841. The lowest BCUT2D eigenvalue weighted by molar-refractivity contribution is -0.141. The Morgan fingerprint density at radius 3 is 1.89 bits per heavy atom. The van der Waals surface area contributed by atoms with Gasteiger partial charge in [0.05, 0.1) is 29.7 Å². The Labute approximate surface area is 220 Å². The smallest absolute Gasteiger partial charge is 0.228 e. The number of aldehydes is 2. The average Bonchev–Trinajstić information content (AvgIpc) is 2.74. The summed E-state index contributed by atoms with van der Waals surface area (Å²) < 4.78 is 5.96. The third-order valence-corrected chi connectivity index (χ3v) is 9.27. The molecule has 1 rings (SSSR count). The molecule has 1 amide bonds. The molecule has 1 fully saturated rings. The van der Waals surface area contributed by atoms with E-state index in [0.717, 1.165) is 31.2 Å². The molecule has 0 spiro atoms. The van der Waals surface area contributed by atoms with E-state index in [-0.39, 0.29) is 42.7 Å². The molecule has 0 radical (unpaired) electrons. The Kier molecular flexibility index (Phi) is 13.5. The van der Waals surface area contributed by atoms with Crippen LogP contribution >= 0.6 is 23.5 Å². The van der Waals surface area contributed by atoms with E-state index in [0.29, 0.717) is 16.3 Å². The molecule has 1 aliphatic rings. The Morgan fingerprint density at radius 1 is 0.943 bits per heavy atom. The zero-order valence-electron chi connectivity index (χ0n) is 22.7. The van der Waals surface area contributed by atoms with Gasteiger partial charge < -0.3 is 25.0 Å². The number of ether oxygens (including phenoxy) is 1. The van der Waals surface area contributed by atoms with Crippen molar-refractivity contribution in [1.29, 1.82) is 0 Å². The highest BCUT2D eigenvalue weighted by Crippen LogP contribution is 2.40. The molecule has 1 saturated carbocycles. The number of ketones is 1. The van der Waals surface area contributed by atoms with Crippen LogP contribution < -0.4 is 10.6 Å². The average molecular weight is 531 g/mol. The molecular weight excluding hydrogens is 484 g/mol. The number of amides is 1. The lowest BCUT2D eigenvalue weighted by Gasteiger charge is -2.37. The Morgan fingerprint density at radius 2 is 1.46 bits per heavy atom. The molecule has 7 nitrogen and oxygen atoms in total. The predicted octanol–water partition coefficient (Wildman–Crippen LogP) is 3.67. The van der Waals surface area contributed by atoms with Crippen LogP contribution in [-0.2, 0) is 23.9 Å². The van der Waals surface area contributed by atoms with Crippen LogP contribution in [0.1, 0.15) is 74.7 Å². The van der Waals surface area contributed by atoms with Crippen molar-refractivity contribution < 1.29 is 23.9 Å². The number of nitrogens with one attached hydrogen (secondary N) is 2. The van der Waals surface area contributed by atoms with Crippen LogP contribution in [0, 0.1) is 11.3 Å². The Hall–Kier alpha value is -0.900. The van der Waals surface area contributed by atoms with E-state index in [4.69, 9.17) is 4.74 Å². The molecule has 4 atom stereocenters. The molecule has 0 aromatic carbocycles. The molecule has 0 bridgehead atoms. The molecule has 4 unspecified atom stereocenters. The summed E-state index contributed by atoms with van der Waals surface area (Å²) in [5.74, 6) is 1.08. The van der Waals surface area contributed by atoms with E-state index in [2.05, 4.69) is 10.6 Å². The van der Waals surface area contributed by atoms with Crippen LogP contribution in [-0.4, -0.2) is 76.6 Å². The van der Waals surface area contributed by atoms with E-state index in [1.165, 1.54) is 0 Å². The molecule has 202 valence electrons. The summed E-state index contributed by atoms with van der Waals surface area (Å²) in [6.45, 7) is 15.2. The first kappa shape index (κ1) is 32.1. The van der Waals surface area contributed by atoms with Gasteiger partial charge in [-0.1, -0.05) is 27.7 Å². The fourth-order valence-corrected chi connectivity index (χ4v) is 6.45. The maximum Gasteiger partial charge on any atom is 0.228 e. The van der Waals surface area contributed by atoms with Gasteiger partial charge in [0.25, 0.3) is 0 Å². The number of thioether (sulfide) groups is 2. The van der Waals surface area contributed by atoms with Gasteiger partial charge >= 0.3 is 0 Å². The van der Waals surface area contributed by atoms with Crippen LogP contribution in [0.5, 0.6) is 0 Å². The second-order valence-electron chi connectivity index (χ2n) is 11.3. The van der Waals surface area contributed by atoms with Crippen LogP contribution in [0.25, 0.3) is 0 Å². The van der Waals surface area contributed by atoms with Crippen molar-refractivity contribution in [3.8, 4) is 0 Å². The van der Waals surface area contributed by atoms with Crippen molar-refractivity contribution in [1.82, 2.24) is 10.6 Å². The first-order chi connectivity index (χ1) is 16.2. The third-order valence-electron chi connectivity index (χ3n) is 6.00. The van der Waals surface area contributed by atoms with Gasteiger partial charge in [0, 0.05) is 40.4 Å². The molecule has 0 saturated heterocycles. The van der Waals surface area contributed by atoms with Crippen molar-refractivity contribution in [3.63, 3.8) is 0 Å². The second kappa shape index (κ2) is 14.7. The molecule has 35 heavy (non-hydrogen) atoms. The number of hydrogen-bond acceptors (Lipinski definition) is 8. The highest BCUT2D eigenvalue weighted by atomic mass is 32.2. The zero-order chi connectivity index (χ0) is 26.8. The maximum absolute atomic E-state index is 12.9. The summed E-state index contributed by atoms with van der Waals surface area (Å²) in [6.07, 6.45) is 4.24. The molecule has 1 aliphatic carbocycles. The minimum Gasteiger partial charge on any atom is -0.374 e. The molecule has 0 aromatic heterocycles. The number of rotatable bonds is 18. The lowest BCUT2D eigenvalue weighted by Crippen LogP contribution is -2.48. The highest BCUT2D eigenvalue weighted by Gasteiger charge is 2.35. The number of carbonyl (C=O) groups excluding carboxylic acids is 4. The first-order valence-corrected chi connectivity index (χ1v) is 14.7. The van der Waals surface area contributed by atoms with Crippen molar-refractivity contribution in [2.24, 2.45) is 11.3 Å². The lowest BCUT2D eigenvalue weighted by atomic mass is 9.91.